The fourth-order valence-electron chi connectivity index (χ4n) is 5.02. The number of hydrogen-bond donors (Lipinski definition) is 0. The number of carbonyl (C=O) groups is 2. The van der Waals surface area contributed by atoms with Crippen LogP contribution in [-0.4, -0.2) is 70.0 Å². The Labute approximate surface area is 365 Å². The van der Waals surface area contributed by atoms with E-state index in [-0.39, 0.29) is 26.1 Å². The van der Waals surface area contributed by atoms with E-state index in [0.29, 0.717) is 30.3 Å². The third kappa shape index (κ3) is 44.0. The Balaban J connectivity index is 4.60. The second-order valence-corrected chi connectivity index (χ2v) is 16.7. The minimum absolute atomic E-state index is 0.0601. The third-order valence-electron chi connectivity index (χ3n) is 8.48. The fraction of sp³-hybridized carbons (Fsp3) is 0.560. The van der Waals surface area contributed by atoms with Crippen LogP contribution in [0.15, 0.2) is 122 Å². The van der Waals surface area contributed by atoms with Crippen molar-refractivity contribution in [1.82, 2.24) is 0 Å². The van der Waals surface area contributed by atoms with E-state index < -0.39 is 32.5 Å². The van der Waals surface area contributed by atoms with E-state index >= 15 is 0 Å². The number of unbranched alkanes of at least 4 members (excludes halogenated alkanes) is 4. The van der Waals surface area contributed by atoms with Gasteiger partial charge in [-0.3, -0.25) is 14.2 Å². The van der Waals surface area contributed by atoms with Crippen molar-refractivity contribution in [2.45, 2.75) is 136 Å². The van der Waals surface area contributed by atoms with Gasteiger partial charge in [0.1, 0.15) is 19.8 Å². The van der Waals surface area contributed by atoms with Crippen LogP contribution in [0.3, 0.4) is 0 Å². The maximum absolute atomic E-state index is 12.7. The van der Waals surface area contributed by atoms with E-state index in [9.17, 15) is 19.0 Å². The highest BCUT2D eigenvalue weighted by Crippen LogP contribution is 2.38. The molecule has 0 radical (unpaired) electrons. The van der Waals surface area contributed by atoms with Gasteiger partial charge >= 0.3 is 11.9 Å². The Morgan fingerprint density at radius 2 is 0.967 bits per heavy atom. The van der Waals surface area contributed by atoms with Gasteiger partial charge in [-0.15, -0.1) is 0 Å². The van der Waals surface area contributed by atoms with Gasteiger partial charge in [-0.05, 0) is 89.9 Å². The smallest absolute Gasteiger partial charge is 0.306 e. The molecule has 60 heavy (non-hydrogen) atoms. The molecule has 0 aliphatic carbocycles. The first-order valence-electron chi connectivity index (χ1n) is 22.2. The molecule has 0 aromatic rings. The van der Waals surface area contributed by atoms with Crippen LogP contribution in [-0.2, 0) is 32.7 Å². The molecule has 0 amide bonds. The van der Waals surface area contributed by atoms with Crippen molar-refractivity contribution in [3.8, 4) is 0 Å². The lowest BCUT2D eigenvalue weighted by Crippen LogP contribution is -2.37. The van der Waals surface area contributed by atoms with Crippen molar-refractivity contribution in [3.05, 3.63) is 122 Å². The number of nitrogens with zero attached hydrogens (tertiary/aromatic N) is 1. The van der Waals surface area contributed by atoms with E-state index in [1.165, 1.54) is 25.7 Å². The number of allylic oxidation sites excluding steroid dienone is 20. The number of phosphoric ester groups is 1. The second-order valence-electron chi connectivity index (χ2n) is 15.3. The summed E-state index contributed by atoms with van der Waals surface area (Å²) in [6.07, 6.45) is 56.8. The molecule has 10 heteroatoms. The molecular formula is C50H80NO8P. The highest BCUT2D eigenvalue weighted by atomic mass is 31.2. The van der Waals surface area contributed by atoms with Crippen molar-refractivity contribution in [2.24, 2.45) is 0 Å². The predicted molar refractivity (Wildman–Crippen MR) is 249 cm³/mol. The Kier molecular flexibility index (Phi) is 38.4. The lowest BCUT2D eigenvalue weighted by molar-refractivity contribution is -0.870. The van der Waals surface area contributed by atoms with Gasteiger partial charge in [0.15, 0.2) is 6.10 Å². The molecule has 0 aromatic carbocycles. The van der Waals surface area contributed by atoms with Gasteiger partial charge < -0.3 is 27.9 Å². The minimum Gasteiger partial charge on any atom is -0.756 e. The number of esters is 2. The predicted octanol–water partition coefficient (Wildman–Crippen LogP) is 12.3. The molecule has 0 N–H and O–H groups in total. The quantitative estimate of drug-likeness (QED) is 0.0198. The Morgan fingerprint density at radius 1 is 0.533 bits per heavy atom. The summed E-state index contributed by atoms with van der Waals surface area (Å²) in [5.41, 5.74) is 0. The van der Waals surface area contributed by atoms with E-state index in [1.807, 2.05) is 39.4 Å². The maximum Gasteiger partial charge on any atom is 0.306 e. The summed E-state index contributed by atoms with van der Waals surface area (Å²) in [6.45, 7) is 3.89. The molecule has 0 rings (SSSR count). The first-order chi connectivity index (χ1) is 29.0. The van der Waals surface area contributed by atoms with Gasteiger partial charge in [-0.25, -0.2) is 0 Å². The SMILES string of the molecule is CC/C=C\C/C=C\C/C=C\C/C=C\C/C=C\CCCC(=O)O[C@H](COC(=O)CC/C=C\C/C=C\C/C=C\C/C=C\C/C=C\CCCCC)COP(=O)([O-])OCC[N+](C)(C)C. The first kappa shape index (κ1) is 56.4. The second kappa shape index (κ2) is 40.8. The largest absolute Gasteiger partial charge is 0.756 e. The molecule has 0 saturated carbocycles. The molecule has 9 nitrogen and oxygen atoms in total. The van der Waals surface area contributed by atoms with E-state index in [2.05, 4.69) is 117 Å². The average Bonchev–Trinajstić information content (AvgIpc) is 3.20. The molecular weight excluding hydrogens is 774 g/mol. The van der Waals surface area contributed by atoms with Gasteiger partial charge in [0.25, 0.3) is 7.82 Å². The molecule has 0 aromatic heterocycles. The number of rotatable bonds is 38. The van der Waals surface area contributed by atoms with Crippen molar-refractivity contribution in [1.29, 1.82) is 0 Å². The van der Waals surface area contributed by atoms with Crippen LogP contribution >= 0.6 is 7.82 Å². The lowest BCUT2D eigenvalue weighted by atomic mass is 10.2. The Morgan fingerprint density at radius 3 is 1.42 bits per heavy atom. The lowest BCUT2D eigenvalue weighted by Gasteiger charge is -2.28. The molecule has 0 fully saturated rings. The molecule has 338 valence electrons. The number of carbonyl (C=O) groups excluding carboxylic acids is 2. The summed E-state index contributed by atoms with van der Waals surface area (Å²) in [4.78, 5) is 37.5. The van der Waals surface area contributed by atoms with Crippen LogP contribution in [0.25, 0.3) is 0 Å². The van der Waals surface area contributed by atoms with Crippen LogP contribution in [0, 0.1) is 0 Å². The molecule has 0 heterocycles. The summed E-state index contributed by atoms with van der Waals surface area (Å²) < 4.78 is 33.7. The molecule has 0 aliphatic rings. The van der Waals surface area contributed by atoms with Crippen LogP contribution in [0.4, 0.5) is 0 Å². The number of ether oxygens (including phenoxy) is 2. The van der Waals surface area contributed by atoms with Crippen LogP contribution in [0.2, 0.25) is 0 Å². The van der Waals surface area contributed by atoms with Crippen LogP contribution in [0.5, 0.6) is 0 Å². The standard InChI is InChI=1S/C50H80NO8P/c1-6-8-10-12-14-16-18-20-22-24-25-27-28-30-32-34-36-38-40-42-49(52)56-46-48(47-58-60(54,55)57-45-44-51(3,4)5)59-50(53)43-41-39-37-35-33-31-29-26-23-21-19-17-15-13-11-9-7-2/h9,11,14-17,20-23,25,27,29-32,35-38,48H,6-8,10,12-13,18-19,24,26,28,33-34,39-47H2,1-5H3/b11-9-,16-14-,17-15-,22-20-,23-21-,27-25-,31-29-,32-30-,37-35-,38-36-/t48-/m1/s1. The number of hydrogen-bond acceptors (Lipinski definition) is 8. The number of likely N-dealkylation sites (N-methyl/N-ethyl adjacent to an activating group) is 1. The zero-order valence-corrected chi connectivity index (χ0v) is 38.7. The van der Waals surface area contributed by atoms with Crippen molar-refractivity contribution in [2.75, 3.05) is 47.5 Å². The van der Waals surface area contributed by atoms with Crippen LogP contribution in [0.1, 0.15) is 129 Å². The summed E-state index contributed by atoms with van der Waals surface area (Å²) in [5, 5.41) is 0. The summed E-state index contributed by atoms with van der Waals surface area (Å²) in [5.74, 6) is -1.01. The van der Waals surface area contributed by atoms with Gasteiger partial charge in [0.2, 0.25) is 0 Å². The highest BCUT2D eigenvalue weighted by molar-refractivity contribution is 7.45. The molecule has 1 unspecified atom stereocenters. The van der Waals surface area contributed by atoms with E-state index in [1.54, 1.807) is 0 Å². The first-order valence-corrected chi connectivity index (χ1v) is 23.7. The Hall–Kier alpha value is -3.59. The number of phosphoric acid groups is 1. The maximum atomic E-state index is 12.7. The summed E-state index contributed by atoms with van der Waals surface area (Å²) in [6, 6.07) is 0. The third-order valence-corrected chi connectivity index (χ3v) is 9.44. The van der Waals surface area contributed by atoms with Crippen molar-refractivity contribution >= 4 is 19.8 Å². The summed E-state index contributed by atoms with van der Waals surface area (Å²) in [7, 11) is 1.07. The normalized spacial score (nSPS) is 14.7. The van der Waals surface area contributed by atoms with Crippen LogP contribution < -0.4 is 4.89 Å². The molecule has 0 aliphatic heterocycles. The van der Waals surface area contributed by atoms with E-state index in [4.69, 9.17) is 18.5 Å². The zero-order chi connectivity index (χ0) is 44.3. The fourth-order valence-corrected chi connectivity index (χ4v) is 5.75. The van der Waals surface area contributed by atoms with Gasteiger partial charge in [-0.2, -0.15) is 0 Å². The van der Waals surface area contributed by atoms with Crippen molar-refractivity contribution < 1.29 is 42.1 Å². The Bertz CT molecular complexity index is 1430. The molecule has 0 spiro atoms. The zero-order valence-electron chi connectivity index (χ0n) is 37.8. The van der Waals surface area contributed by atoms with Gasteiger partial charge in [0, 0.05) is 12.8 Å². The highest BCUT2D eigenvalue weighted by Gasteiger charge is 2.21. The topological polar surface area (TPSA) is 111 Å². The summed E-state index contributed by atoms with van der Waals surface area (Å²) >= 11 is 0. The molecule has 0 bridgehead atoms. The van der Waals surface area contributed by atoms with Gasteiger partial charge in [-0.1, -0.05) is 148 Å². The molecule has 0 saturated heterocycles. The average molecular weight is 854 g/mol. The van der Waals surface area contributed by atoms with Gasteiger partial charge in [0.05, 0.1) is 27.7 Å². The minimum atomic E-state index is -4.67. The van der Waals surface area contributed by atoms with Crippen molar-refractivity contribution in [3.63, 3.8) is 0 Å². The monoisotopic (exact) mass is 854 g/mol. The van der Waals surface area contributed by atoms with E-state index in [0.717, 1.165) is 57.8 Å². The number of quaternary nitrogens is 1. The molecule has 2 atom stereocenters.